The van der Waals surface area contributed by atoms with Crippen LogP contribution in [-0.2, 0) is 9.59 Å². The van der Waals surface area contributed by atoms with Gasteiger partial charge in [0.1, 0.15) is 0 Å². The highest BCUT2D eigenvalue weighted by atomic mass is 16.2. The summed E-state index contributed by atoms with van der Waals surface area (Å²) in [5.41, 5.74) is 0.336. The van der Waals surface area contributed by atoms with Gasteiger partial charge in [-0.25, -0.2) is 5.10 Å². The number of carbonyl (C=O) groups excluding carboxylic acids is 2. The summed E-state index contributed by atoms with van der Waals surface area (Å²) < 4.78 is 0. The van der Waals surface area contributed by atoms with Gasteiger partial charge in [-0.05, 0) is 32.3 Å². The van der Waals surface area contributed by atoms with E-state index < -0.39 is 5.92 Å². The number of aromatic amines is 1. The largest absolute Gasteiger partial charge is 0.341 e. The molecule has 4 rings (SSSR count). The van der Waals surface area contributed by atoms with Gasteiger partial charge in [0.25, 0.3) is 5.56 Å². The van der Waals surface area contributed by atoms with Crippen LogP contribution in [0.25, 0.3) is 10.8 Å². The fourth-order valence-corrected chi connectivity index (χ4v) is 3.80. The zero-order chi connectivity index (χ0) is 19.0. The minimum Gasteiger partial charge on any atom is -0.341 e. The molecule has 1 aromatic heterocycles. The number of fused-ring (bicyclic) bond motifs is 1. The summed E-state index contributed by atoms with van der Waals surface area (Å²) in [5.74, 6) is -0.0219. The maximum atomic E-state index is 13.1. The van der Waals surface area contributed by atoms with Crippen molar-refractivity contribution >= 4 is 22.6 Å². The van der Waals surface area contributed by atoms with Crippen molar-refractivity contribution in [3.05, 3.63) is 40.3 Å². The van der Waals surface area contributed by atoms with E-state index in [0.717, 1.165) is 19.3 Å². The van der Waals surface area contributed by atoms with E-state index >= 15 is 0 Å². The topological polar surface area (TPSA) is 86.4 Å². The molecular weight excluding hydrogens is 344 g/mol. The summed E-state index contributed by atoms with van der Waals surface area (Å²) in [6.07, 6.45) is 2.79. The first-order chi connectivity index (χ1) is 13.1. The first-order valence-corrected chi connectivity index (χ1v) is 9.61. The molecule has 0 bridgehead atoms. The second kappa shape index (κ2) is 7.13. The Morgan fingerprint density at radius 3 is 2.48 bits per heavy atom. The van der Waals surface area contributed by atoms with Crippen LogP contribution in [0.15, 0.2) is 29.1 Å². The summed E-state index contributed by atoms with van der Waals surface area (Å²) in [7, 11) is 0. The zero-order valence-corrected chi connectivity index (χ0v) is 15.5. The smallest absolute Gasteiger partial charge is 0.272 e. The molecule has 1 aliphatic heterocycles. The molecule has 1 N–H and O–H groups in total. The lowest BCUT2D eigenvalue weighted by molar-refractivity contribution is -0.134. The molecule has 1 aliphatic carbocycles. The van der Waals surface area contributed by atoms with Crippen LogP contribution in [0.1, 0.15) is 37.8 Å². The molecule has 7 nitrogen and oxygen atoms in total. The summed E-state index contributed by atoms with van der Waals surface area (Å²) in [6.45, 7) is 4.32. The summed E-state index contributed by atoms with van der Waals surface area (Å²) in [6, 6.07) is 7.21. The van der Waals surface area contributed by atoms with Gasteiger partial charge in [0, 0.05) is 37.5 Å². The molecule has 7 heteroatoms. The van der Waals surface area contributed by atoms with Crippen LogP contribution in [-0.4, -0.2) is 58.0 Å². The van der Waals surface area contributed by atoms with Crippen LogP contribution in [0.3, 0.4) is 0 Å². The van der Waals surface area contributed by atoms with Crippen LogP contribution >= 0.6 is 0 Å². The molecule has 0 unspecified atom stereocenters. The highest BCUT2D eigenvalue weighted by molar-refractivity contribution is 5.91. The van der Waals surface area contributed by atoms with E-state index in [4.69, 9.17) is 0 Å². The number of amides is 2. The molecule has 27 heavy (non-hydrogen) atoms. The summed E-state index contributed by atoms with van der Waals surface area (Å²) in [5, 5.41) is 7.93. The number of rotatable bonds is 3. The fourth-order valence-electron chi connectivity index (χ4n) is 3.80. The maximum Gasteiger partial charge on any atom is 0.272 e. The van der Waals surface area contributed by atoms with E-state index in [1.807, 2.05) is 28.9 Å². The van der Waals surface area contributed by atoms with Crippen LogP contribution < -0.4 is 5.56 Å². The molecule has 1 saturated carbocycles. The third kappa shape index (κ3) is 3.46. The number of nitrogens with one attached hydrogen (secondary N) is 1. The minimum atomic E-state index is -0.461. The van der Waals surface area contributed by atoms with Gasteiger partial charge in [-0.15, -0.1) is 0 Å². The SMILES string of the molecule is C[C@H](C(=O)N1CCCN(C(=O)C2CC2)CC1)c1n[nH]c(=O)c2ccccc12. The van der Waals surface area contributed by atoms with E-state index in [1.165, 1.54) is 0 Å². The normalized spacial score (nSPS) is 19.0. The van der Waals surface area contributed by atoms with Gasteiger partial charge in [0.05, 0.1) is 17.0 Å². The molecule has 2 heterocycles. The monoisotopic (exact) mass is 368 g/mol. The Labute approximate surface area is 157 Å². The molecule has 1 atom stereocenters. The molecule has 142 valence electrons. The van der Waals surface area contributed by atoms with Crippen LogP contribution in [0.2, 0.25) is 0 Å². The average Bonchev–Trinajstić information content (AvgIpc) is 3.54. The standard InChI is InChI=1S/C20H24N4O3/c1-13(17-15-5-2-3-6-16(15)18(25)22-21-17)19(26)23-9-4-10-24(12-11-23)20(27)14-7-8-14/h2-3,5-6,13-14H,4,7-12H2,1H3,(H,22,25)/t13-/m0/s1. The third-order valence-corrected chi connectivity index (χ3v) is 5.55. The first kappa shape index (κ1) is 17.7. The number of benzene rings is 1. The van der Waals surface area contributed by atoms with Crippen molar-refractivity contribution in [3.63, 3.8) is 0 Å². The van der Waals surface area contributed by atoms with E-state index in [-0.39, 0.29) is 23.3 Å². The van der Waals surface area contributed by atoms with Gasteiger partial charge in [-0.1, -0.05) is 18.2 Å². The molecular formula is C20H24N4O3. The molecule has 1 aromatic carbocycles. The second-order valence-corrected chi connectivity index (χ2v) is 7.48. The predicted molar refractivity (Wildman–Crippen MR) is 101 cm³/mol. The van der Waals surface area contributed by atoms with Gasteiger partial charge in [0.15, 0.2) is 0 Å². The zero-order valence-electron chi connectivity index (χ0n) is 15.5. The fraction of sp³-hybridized carbons (Fsp3) is 0.500. The lowest BCUT2D eigenvalue weighted by Gasteiger charge is -2.25. The molecule has 0 radical (unpaired) electrons. The maximum absolute atomic E-state index is 13.1. The molecule has 2 aromatic rings. The van der Waals surface area contributed by atoms with E-state index in [0.29, 0.717) is 42.6 Å². The number of hydrogen-bond donors (Lipinski definition) is 1. The van der Waals surface area contributed by atoms with Crippen molar-refractivity contribution in [2.24, 2.45) is 5.92 Å². The van der Waals surface area contributed by atoms with Crippen LogP contribution in [0.5, 0.6) is 0 Å². The highest BCUT2D eigenvalue weighted by Gasteiger charge is 2.35. The number of nitrogens with zero attached hydrogens (tertiary/aromatic N) is 3. The van der Waals surface area contributed by atoms with Gasteiger partial charge < -0.3 is 9.80 Å². The number of H-pyrrole nitrogens is 1. The average molecular weight is 368 g/mol. The van der Waals surface area contributed by atoms with Crippen molar-refractivity contribution in [1.82, 2.24) is 20.0 Å². The number of aromatic nitrogens is 2. The van der Waals surface area contributed by atoms with Gasteiger partial charge in [-0.2, -0.15) is 5.10 Å². The Morgan fingerprint density at radius 2 is 1.74 bits per heavy atom. The highest BCUT2D eigenvalue weighted by Crippen LogP contribution is 2.31. The number of hydrogen-bond acceptors (Lipinski definition) is 4. The van der Waals surface area contributed by atoms with Crippen molar-refractivity contribution in [2.75, 3.05) is 26.2 Å². The Morgan fingerprint density at radius 1 is 1.07 bits per heavy atom. The van der Waals surface area contributed by atoms with Crippen molar-refractivity contribution < 1.29 is 9.59 Å². The van der Waals surface area contributed by atoms with E-state index in [1.54, 1.807) is 12.1 Å². The molecule has 1 saturated heterocycles. The minimum absolute atomic E-state index is 0.0135. The van der Waals surface area contributed by atoms with Gasteiger partial charge in [-0.3, -0.25) is 14.4 Å². The van der Waals surface area contributed by atoms with Crippen LogP contribution in [0, 0.1) is 5.92 Å². The van der Waals surface area contributed by atoms with Gasteiger partial charge >= 0.3 is 0 Å². The van der Waals surface area contributed by atoms with Crippen molar-refractivity contribution in [2.45, 2.75) is 32.1 Å². The Balaban J connectivity index is 1.52. The lowest BCUT2D eigenvalue weighted by Crippen LogP contribution is -2.39. The van der Waals surface area contributed by atoms with Crippen molar-refractivity contribution in [3.8, 4) is 0 Å². The van der Waals surface area contributed by atoms with E-state index in [2.05, 4.69) is 10.2 Å². The summed E-state index contributed by atoms with van der Waals surface area (Å²) in [4.78, 5) is 41.1. The lowest BCUT2D eigenvalue weighted by atomic mass is 10.00. The molecule has 2 amide bonds. The Bertz CT molecular complexity index is 934. The summed E-state index contributed by atoms with van der Waals surface area (Å²) >= 11 is 0. The quantitative estimate of drug-likeness (QED) is 0.889. The molecule has 2 fully saturated rings. The second-order valence-electron chi connectivity index (χ2n) is 7.48. The molecule has 0 spiro atoms. The Hall–Kier alpha value is -2.70. The van der Waals surface area contributed by atoms with Gasteiger partial charge in [0.2, 0.25) is 11.8 Å². The third-order valence-electron chi connectivity index (χ3n) is 5.55. The molecule has 2 aliphatic rings. The first-order valence-electron chi connectivity index (χ1n) is 9.61. The van der Waals surface area contributed by atoms with Crippen LogP contribution in [0.4, 0.5) is 0 Å². The van der Waals surface area contributed by atoms with E-state index in [9.17, 15) is 14.4 Å². The predicted octanol–water partition coefficient (Wildman–Crippen LogP) is 1.50. The van der Waals surface area contributed by atoms with Crippen molar-refractivity contribution in [1.29, 1.82) is 0 Å². The number of carbonyl (C=O) groups is 2. The Kier molecular flexibility index (Phi) is 4.68.